The van der Waals surface area contributed by atoms with Crippen molar-refractivity contribution in [3.05, 3.63) is 30.5 Å². The molecular formula is C13H15N3O2. The molecule has 5 nitrogen and oxygen atoms in total. The molecule has 1 saturated heterocycles. The van der Waals surface area contributed by atoms with Gasteiger partial charge in [0.1, 0.15) is 5.82 Å². The van der Waals surface area contributed by atoms with Crippen LogP contribution in [0, 0.1) is 0 Å². The van der Waals surface area contributed by atoms with E-state index in [1.165, 1.54) is 0 Å². The fourth-order valence-corrected chi connectivity index (χ4v) is 1.92. The number of nitrogens with one attached hydrogen (secondary N) is 1. The molecule has 0 saturated carbocycles. The number of ether oxygens (including phenoxy) is 2. The summed E-state index contributed by atoms with van der Waals surface area (Å²) < 4.78 is 10.9. The summed E-state index contributed by atoms with van der Waals surface area (Å²) in [6.07, 6.45) is 1.83. The molecule has 18 heavy (non-hydrogen) atoms. The van der Waals surface area contributed by atoms with Crippen LogP contribution in [0.5, 0.6) is 0 Å². The Bertz CT molecular complexity index is 526. The largest absolute Gasteiger partial charge is 0.376 e. The van der Waals surface area contributed by atoms with E-state index in [-0.39, 0.29) is 6.10 Å². The standard InChI is InChI=1S/C13H15N3O2/c1-2-4-12-11(3-1)14-8-13(16-12)15-7-10-9-17-5-6-18-10/h1-4,8,10H,5-7,9H2,(H,15,16). The molecule has 1 unspecified atom stereocenters. The topological polar surface area (TPSA) is 56.3 Å². The van der Waals surface area contributed by atoms with Gasteiger partial charge in [-0.3, -0.25) is 4.98 Å². The Kier molecular flexibility index (Phi) is 3.34. The molecule has 0 amide bonds. The Morgan fingerprint density at radius 3 is 2.94 bits per heavy atom. The molecule has 0 aliphatic carbocycles. The highest BCUT2D eigenvalue weighted by molar-refractivity contribution is 5.75. The summed E-state index contributed by atoms with van der Waals surface area (Å²) in [6.45, 7) is 2.67. The van der Waals surface area contributed by atoms with Crippen LogP contribution < -0.4 is 5.32 Å². The number of benzene rings is 1. The second-order valence-electron chi connectivity index (χ2n) is 4.19. The average Bonchev–Trinajstić information content (AvgIpc) is 2.46. The zero-order valence-electron chi connectivity index (χ0n) is 10.0. The number of para-hydroxylation sites is 2. The molecule has 1 atom stereocenters. The maximum Gasteiger partial charge on any atom is 0.145 e. The third kappa shape index (κ3) is 2.57. The maximum absolute atomic E-state index is 5.55. The SMILES string of the molecule is c1ccc2nc(NCC3COCCO3)cnc2c1. The molecular weight excluding hydrogens is 230 g/mol. The lowest BCUT2D eigenvalue weighted by atomic mass is 10.3. The number of nitrogens with zero attached hydrogens (tertiary/aromatic N) is 2. The lowest BCUT2D eigenvalue weighted by Crippen LogP contribution is -2.34. The van der Waals surface area contributed by atoms with Gasteiger partial charge in [0.05, 0.1) is 43.2 Å². The lowest BCUT2D eigenvalue weighted by molar-refractivity contribution is -0.0819. The van der Waals surface area contributed by atoms with Crippen molar-refractivity contribution < 1.29 is 9.47 Å². The smallest absolute Gasteiger partial charge is 0.145 e. The fourth-order valence-electron chi connectivity index (χ4n) is 1.92. The summed E-state index contributed by atoms with van der Waals surface area (Å²) in [7, 11) is 0. The predicted octanol–water partition coefficient (Wildman–Crippen LogP) is 1.46. The quantitative estimate of drug-likeness (QED) is 0.887. The van der Waals surface area contributed by atoms with Gasteiger partial charge in [-0.2, -0.15) is 0 Å². The molecule has 1 aliphatic heterocycles. The molecule has 5 heteroatoms. The molecule has 1 aliphatic rings. The van der Waals surface area contributed by atoms with Crippen LogP contribution in [0.4, 0.5) is 5.82 Å². The third-order valence-electron chi connectivity index (χ3n) is 2.84. The first kappa shape index (κ1) is 11.4. The van der Waals surface area contributed by atoms with Crippen molar-refractivity contribution >= 4 is 16.9 Å². The molecule has 0 spiro atoms. The van der Waals surface area contributed by atoms with Gasteiger partial charge in [-0.1, -0.05) is 12.1 Å². The second-order valence-corrected chi connectivity index (χ2v) is 4.19. The number of fused-ring (bicyclic) bond motifs is 1. The van der Waals surface area contributed by atoms with E-state index in [0.717, 1.165) is 16.9 Å². The molecule has 3 rings (SSSR count). The monoisotopic (exact) mass is 245 g/mol. The minimum absolute atomic E-state index is 0.0898. The van der Waals surface area contributed by atoms with Crippen molar-refractivity contribution in [2.45, 2.75) is 6.10 Å². The zero-order valence-corrected chi connectivity index (χ0v) is 10.0. The molecule has 1 fully saturated rings. The fraction of sp³-hybridized carbons (Fsp3) is 0.385. The van der Waals surface area contributed by atoms with E-state index in [4.69, 9.17) is 9.47 Å². The van der Waals surface area contributed by atoms with Crippen molar-refractivity contribution in [3.63, 3.8) is 0 Å². The molecule has 94 valence electrons. The van der Waals surface area contributed by atoms with Crippen molar-refractivity contribution in [1.82, 2.24) is 9.97 Å². The maximum atomic E-state index is 5.55. The van der Waals surface area contributed by atoms with E-state index >= 15 is 0 Å². The molecule has 0 bridgehead atoms. The molecule has 0 radical (unpaired) electrons. The van der Waals surface area contributed by atoms with E-state index in [0.29, 0.717) is 26.4 Å². The van der Waals surface area contributed by atoms with Crippen molar-refractivity contribution in [1.29, 1.82) is 0 Å². The Morgan fingerprint density at radius 2 is 2.11 bits per heavy atom. The summed E-state index contributed by atoms with van der Waals surface area (Å²) in [6, 6.07) is 7.81. The summed E-state index contributed by atoms with van der Waals surface area (Å²) in [4.78, 5) is 8.84. The van der Waals surface area contributed by atoms with Gasteiger partial charge < -0.3 is 14.8 Å². The van der Waals surface area contributed by atoms with E-state index in [9.17, 15) is 0 Å². The van der Waals surface area contributed by atoms with Crippen LogP contribution in [-0.4, -0.2) is 42.4 Å². The Labute approximate surface area is 105 Å². The van der Waals surface area contributed by atoms with Gasteiger partial charge in [0.15, 0.2) is 0 Å². The van der Waals surface area contributed by atoms with Gasteiger partial charge in [0.25, 0.3) is 0 Å². The van der Waals surface area contributed by atoms with Crippen molar-refractivity contribution in [2.24, 2.45) is 0 Å². The summed E-state index contributed by atoms with van der Waals surface area (Å²) in [5.41, 5.74) is 1.80. The van der Waals surface area contributed by atoms with Gasteiger partial charge >= 0.3 is 0 Å². The zero-order chi connectivity index (χ0) is 12.2. The minimum Gasteiger partial charge on any atom is -0.376 e. The van der Waals surface area contributed by atoms with E-state index < -0.39 is 0 Å². The van der Waals surface area contributed by atoms with Crippen molar-refractivity contribution in [3.8, 4) is 0 Å². The first-order valence-electron chi connectivity index (χ1n) is 6.07. The average molecular weight is 245 g/mol. The predicted molar refractivity (Wildman–Crippen MR) is 68.6 cm³/mol. The van der Waals surface area contributed by atoms with Crippen LogP contribution in [0.25, 0.3) is 11.0 Å². The van der Waals surface area contributed by atoms with Crippen LogP contribution in [0.3, 0.4) is 0 Å². The van der Waals surface area contributed by atoms with Crippen LogP contribution in [0.1, 0.15) is 0 Å². The normalized spacial score (nSPS) is 19.9. The minimum atomic E-state index is 0.0898. The van der Waals surface area contributed by atoms with E-state index in [1.807, 2.05) is 24.3 Å². The molecule has 1 aromatic carbocycles. The number of anilines is 1. The first-order valence-corrected chi connectivity index (χ1v) is 6.07. The summed E-state index contributed by atoms with van der Waals surface area (Å²) in [5, 5.41) is 3.23. The lowest BCUT2D eigenvalue weighted by Gasteiger charge is -2.23. The number of hydrogen-bond donors (Lipinski definition) is 1. The Balaban J connectivity index is 1.66. The Hall–Kier alpha value is -1.72. The van der Waals surface area contributed by atoms with Crippen LogP contribution in [0.2, 0.25) is 0 Å². The molecule has 1 aromatic heterocycles. The van der Waals surface area contributed by atoms with Crippen LogP contribution in [-0.2, 0) is 9.47 Å². The molecule has 2 aromatic rings. The van der Waals surface area contributed by atoms with Crippen LogP contribution >= 0.6 is 0 Å². The van der Waals surface area contributed by atoms with E-state index in [1.54, 1.807) is 6.20 Å². The summed E-state index contributed by atoms with van der Waals surface area (Å²) in [5.74, 6) is 0.767. The highest BCUT2D eigenvalue weighted by Crippen LogP contribution is 2.11. The van der Waals surface area contributed by atoms with Crippen LogP contribution in [0.15, 0.2) is 30.5 Å². The second kappa shape index (κ2) is 5.29. The number of hydrogen-bond acceptors (Lipinski definition) is 5. The van der Waals surface area contributed by atoms with Gasteiger partial charge in [0, 0.05) is 6.54 Å². The highest BCUT2D eigenvalue weighted by atomic mass is 16.6. The number of rotatable bonds is 3. The van der Waals surface area contributed by atoms with Crippen molar-refractivity contribution in [2.75, 3.05) is 31.7 Å². The molecule has 2 heterocycles. The summed E-state index contributed by atoms with van der Waals surface area (Å²) >= 11 is 0. The Morgan fingerprint density at radius 1 is 1.22 bits per heavy atom. The van der Waals surface area contributed by atoms with Gasteiger partial charge in [-0.05, 0) is 12.1 Å². The van der Waals surface area contributed by atoms with Gasteiger partial charge in [-0.25, -0.2) is 4.98 Å². The number of aromatic nitrogens is 2. The van der Waals surface area contributed by atoms with E-state index in [2.05, 4.69) is 15.3 Å². The van der Waals surface area contributed by atoms with Gasteiger partial charge in [0.2, 0.25) is 0 Å². The first-order chi connectivity index (χ1) is 8.92. The molecule has 1 N–H and O–H groups in total. The third-order valence-corrected chi connectivity index (χ3v) is 2.84. The highest BCUT2D eigenvalue weighted by Gasteiger charge is 2.13. The van der Waals surface area contributed by atoms with Gasteiger partial charge in [-0.15, -0.1) is 0 Å².